The molecule has 0 aromatic heterocycles. The molecule has 4 nitrogen and oxygen atoms in total. The first-order valence-electron chi connectivity index (χ1n) is 12.1. The second-order valence-corrected chi connectivity index (χ2v) is 9.30. The largest absolute Gasteiger partial charge is 0.497 e. The van der Waals surface area contributed by atoms with Gasteiger partial charge in [0.25, 0.3) is 0 Å². The zero-order chi connectivity index (χ0) is 26.5. The molecule has 0 saturated heterocycles. The number of rotatable bonds is 4. The van der Waals surface area contributed by atoms with Crippen molar-refractivity contribution in [2.24, 2.45) is 5.41 Å². The summed E-state index contributed by atoms with van der Waals surface area (Å²) in [6.45, 7) is 18.9. The molecule has 192 valence electrons. The van der Waals surface area contributed by atoms with Gasteiger partial charge in [-0.25, -0.2) is 0 Å². The summed E-state index contributed by atoms with van der Waals surface area (Å²) in [6, 6.07) is 11.7. The summed E-state index contributed by atoms with van der Waals surface area (Å²) < 4.78 is 28.3. The smallest absolute Gasteiger partial charge is 0.404 e. The van der Waals surface area contributed by atoms with E-state index in [2.05, 4.69) is 32.9 Å². The predicted molar refractivity (Wildman–Crippen MR) is 140 cm³/mol. The van der Waals surface area contributed by atoms with Gasteiger partial charge in [0.15, 0.2) is 11.5 Å². The highest BCUT2D eigenvalue weighted by atomic mass is 19.2. The molecule has 3 rings (SSSR count). The molecular weight excluding hydrogens is 431 g/mol. The van der Waals surface area contributed by atoms with Crippen molar-refractivity contribution in [2.45, 2.75) is 94.0 Å². The molecule has 1 heterocycles. The Morgan fingerprint density at radius 3 is 1.94 bits per heavy atom. The minimum Gasteiger partial charge on any atom is -0.497 e. The number of hydrogen-bond donors (Lipinski definition) is 0. The Hall–Kier alpha value is -2.56. The van der Waals surface area contributed by atoms with Crippen LogP contribution in [0.1, 0.15) is 92.7 Å². The monoisotopic (exact) mass is 476 g/mol. The Bertz CT molecular complexity index is 849. The van der Waals surface area contributed by atoms with Crippen LogP contribution in [-0.4, -0.2) is 18.9 Å². The predicted octanol–water partition coefficient (Wildman–Crippen LogP) is 8.52. The number of methoxy groups -OCH3 is 1. The second-order valence-electron chi connectivity index (χ2n) is 9.30. The van der Waals surface area contributed by atoms with E-state index >= 15 is 0 Å². The van der Waals surface area contributed by atoms with Gasteiger partial charge < -0.3 is 14.2 Å². The number of carbonyl (C=O) groups excluding carboxylic acids is 1. The van der Waals surface area contributed by atoms with E-state index in [0.29, 0.717) is 17.4 Å². The van der Waals surface area contributed by atoms with Crippen molar-refractivity contribution in [3.8, 4) is 17.2 Å². The van der Waals surface area contributed by atoms with Crippen LogP contribution >= 0.6 is 0 Å². The molecule has 1 unspecified atom stereocenters. The third kappa shape index (κ3) is 11.5. The fraction of sp³-hybridized carbons (Fsp3) is 0.552. The highest BCUT2D eigenvalue weighted by Gasteiger charge is 2.36. The molecule has 0 N–H and O–H groups in total. The van der Waals surface area contributed by atoms with Crippen molar-refractivity contribution in [3.05, 3.63) is 53.6 Å². The van der Waals surface area contributed by atoms with Crippen molar-refractivity contribution in [2.75, 3.05) is 7.11 Å². The van der Waals surface area contributed by atoms with Crippen molar-refractivity contribution in [3.63, 3.8) is 0 Å². The van der Waals surface area contributed by atoms with Crippen molar-refractivity contribution in [1.29, 1.82) is 0 Å². The Morgan fingerprint density at radius 1 is 1.03 bits per heavy atom. The van der Waals surface area contributed by atoms with E-state index in [1.54, 1.807) is 20.1 Å². The van der Waals surface area contributed by atoms with Gasteiger partial charge in [0, 0.05) is 12.3 Å². The van der Waals surface area contributed by atoms with Gasteiger partial charge >= 0.3 is 6.04 Å². The molecule has 1 aliphatic heterocycles. The molecule has 0 fully saturated rings. The maximum Gasteiger partial charge on any atom is 0.404 e. The summed E-state index contributed by atoms with van der Waals surface area (Å²) in [5, 5.41) is 0. The highest BCUT2D eigenvalue weighted by molar-refractivity contribution is 5.80. The van der Waals surface area contributed by atoms with E-state index in [0.717, 1.165) is 17.7 Å². The Balaban J connectivity index is 0.000000489. The highest BCUT2D eigenvalue weighted by Crippen LogP contribution is 2.41. The first-order chi connectivity index (χ1) is 15.8. The molecule has 0 bridgehead atoms. The van der Waals surface area contributed by atoms with Crippen LogP contribution in [-0.2, 0) is 11.2 Å². The van der Waals surface area contributed by atoms with Crippen LogP contribution in [0.3, 0.4) is 0 Å². The summed E-state index contributed by atoms with van der Waals surface area (Å²) in [5.74, 6) is 2.54. The van der Waals surface area contributed by atoms with Crippen molar-refractivity contribution in [1.82, 2.24) is 0 Å². The molecule has 0 saturated carbocycles. The Labute approximate surface area is 206 Å². The standard InChI is InChI=1S/C11H13FO2.C10H14O.C6H12O.C2H6/c1-7(2)8-4-5-9-10(6-8)14-11(3,12)13-9;1-3-4-9-5-7-10(11-2)8-6-9;1-5(7)6(2,3)4;1-2/h4-7H,1-3H3;5-8H,3-4H2,1-2H3;1-4H3;1-2H3. The molecule has 34 heavy (non-hydrogen) atoms. The normalized spacial score (nSPS) is 15.7. The van der Waals surface area contributed by atoms with E-state index in [9.17, 15) is 9.18 Å². The average Bonchev–Trinajstić information content (AvgIpc) is 3.09. The summed E-state index contributed by atoms with van der Waals surface area (Å²) >= 11 is 0. The van der Waals surface area contributed by atoms with Gasteiger partial charge in [-0.3, -0.25) is 4.79 Å². The quantitative estimate of drug-likeness (QED) is 0.443. The van der Waals surface area contributed by atoms with Crippen LogP contribution in [0.2, 0.25) is 0 Å². The molecule has 5 heteroatoms. The molecule has 0 spiro atoms. The maximum absolute atomic E-state index is 13.3. The van der Waals surface area contributed by atoms with Gasteiger partial charge in [0.05, 0.1) is 7.11 Å². The van der Waals surface area contributed by atoms with E-state index < -0.39 is 6.04 Å². The molecule has 1 atom stereocenters. The van der Waals surface area contributed by atoms with Crippen LogP contribution < -0.4 is 14.2 Å². The van der Waals surface area contributed by atoms with Crippen LogP contribution in [0.5, 0.6) is 17.2 Å². The van der Waals surface area contributed by atoms with Gasteiger partial charge in [0.1, 0.15) is 11.5 Å². The molecule has 2 aromatic carbocycles. The van der Waals surface area contributed by atoms with Crippen LogP contribution in [0.15, 0.2) is 42.5 Å². The number of benzene rings is 2. The van der Waals surface area contributed by atoms with Crippen molar-refractivity contribution >= 4 is 5.78 Å². The first kappa shape index (κ1) is 31.4. The zero-order valence-electron chi connectivity index (χ0n) is 23.0. The van der Waals surface area contributed by atoms with E-state index in [1.165, 1.54) is 18.9 Å². The molecule has 0 amide bonds. The summed E-state index contributed by atoms with van der Waals surface area (Å²) in [5.41, 5.74) is 2.36. The van der Waals surface area contributed by atoms with Gasteiger partial charge in [-0.15, -0.1) is 0 Å². The fourth-order valence-corrected chi connectivity index (χ4v) is 2.54. The topological polar surface area (TPSA) is 44.8 Å². The lowest BCUT2D eigenvalue weighted by Crippen LogP contribution is -2.27. The zero-order valence-corrected chi connectivity index (χ0v) is 23.0. The van der Waals surface area contributed by atoms with Gasteiger partial charge in [-0.1, -0.05) is 80.0 Å². The molecular formula is C29H45FO4. The lowest BCUT2D eigenvalue weighted by atomic mass is 9.92. The van der Waals surface area contributed by atoms with E-state index in [4.69, 9.17) is 14.2 Å². The van der Waals surface area contributed by atoms with Crippen LogP contribution in [0.4, 0.5) is 4.39 Å². The summed E-state index contributed by atoms with van der Waals surface area (Å²) in [6.07, 6.45) is 2.36. The second kappa shape index (κ2) is 14.6. The number of halogens is 1. The van der Waals surface area contributed by atoms with Crippen molar-refractivity contribution < 1.29 is 23.4 Å². The van der Waals surface area contributed by atoms with Gasteiger partial charge in [-0.2, -0.15) is 4.39 Å². The number of fused-ring (bicyclic) bond motifs is 1. The molecule has 2 aromatic rings. The lowest BCUT2D eigenvalue weighted by Gasteiger charge is -2.11. The number of Topliss-reactive ketones (excluding diaryl/α,β-unsaturated/α-hetero) is 1. The molecule has 0 aliphatic carbocycles. The summed E-state index contributed by atoms with van der Waals surface area (Å²) in [4.78, 5) is 10.5. The van der Waals surface area contributed by atoms with E-state index in [-0.39, 0.29) is 11.2 Å². The summed E-state index contributed by atoms with van der Waals surface area (Å²) in [7, 11) is 1.69. The van der Waals surface area contributed by atoms with Gasteiger partial charge in [0.2, 0.25) is 0 Å². The third-order valence-corrected chi connectivity index (χ3v) is 4.97. The molecule has 1 aliphatic rings. The number of carbonyl (C=O) groups is 1. The number of ketones is 1. The average molecular weight is 477 g/mol. The molecule has 0 radical (unpaired) electrons. The van der Waals surface area contributed by atoms with Crippen LogP contribution in [0.25, 0.3) is 0 Å². The Kier molecular flexibility index (Phi) is 13.5. The fourth-order valence-electron chi connectivity index (χ4n) is 2.54. The third-order valence-electron chi connectivity index (χ3n) is 4.97. The first-order valence-corrected chi connectivity index (χ1v) is 12.1. The van der Waals surface area contributed by atoms with Crippen LogP contribution in [0, 0.1) is 5.41 Å². The number of alkyl halides is 1. The van der Waals surface area contributed by atoms with Gasteiger partial charge in [-0.05, 0) is 54.7 Å². The van der Waals surface area contributed by atoms with E-state index in [1.807, 2.05) is 58.9 Å². The SMILES string of the molecule is CC.CC(=O)C(C)(C)C.CC(C)c1ccc2c(c1)OC(C)(F)O2.CCCc1ccc(OC)cc1. The number of ether oxygens (including phenoxy) is 3. The number of hydrogen-bond acceptors (Lipinski definition) is 4. The minimum absolute atomic E-state index is 0.139. The lowest BCUT2D eigenvalue weighted by molar-refractivity contribution is -0.173. The number of aryl methyl sites for hydroxylation is 1. The maximum atomic E-state index is 13.3. The Morgan fingerprint density at radius 2 is 1.53 bits per heavy atom. The minimum atomic E-state index is -2.02.